The summed E-state index contributed by atoms with van der Waals surface area (Å²) in [7, 11) is 0. The first kappa shape index (κ1) is 14.5. The highest BCUT2D eigenvalue weighted by Gasteiger charge is 2.31. The van der Waals surface area contributed by atoms with Crippen molar-refractivity contribution in [1.82, 2.24) is 0 Å². The Bertz CT molecular complexity index is 561. The van der Waals surface area contributed by atoms with Crippen LogP contribution >= 0.6 is 0 Å². The smallest absolute Gasteiger partial charge is 0.464 e. The normalized spacial score (nSPS) is 13.2. The van der Waals surface area contributed by atoms with E-state index in [9.17, 15) is 13.2 Å². The van der Waals surface area contributed by atoms with Gasteiger partial charge < -0.3 is 14.9 Å². The van der Waals surface area contributed by atoms with E-state index in [-0.39, 0.29) is 5.75 Å². The van der Waals surface area contributed by atoms with E-state index in [0.717, 1.165) is 12.2 Å². The lowest BCUT2D eigenvalue weighted by Gasteiger charge is -2.12. The standard InChI is InChI=1S/C14H14F3NO2/c1-2-10-7-8-12(19-10)13(18)9-3-5-11(6-4-9)20-14(15,16)17/h3-8,13H,2,18H2,1H3/t13-/m0/s1. The van der Waals surface area contributed by atoms with Gasteiger partial charge in [0.25, 0.3) is 0 Å². The molecule has 0 unspecified atom stereocenters. The van der Waals surface area contributed by atoms with E-state index >= 15 is 0 Å². The zero-order valence-electron chi connectivity index (χ0n) is 10.8. The van der Waals surface area contributed by atoms with Gasteiger partial charge in [-0.15, -0.1) is 13.2 Å². The Labute approximate surface area is 114 Å². The molecule has 1 aromatic carbocycles. The molecule has 2 rings (SSSR count). The number of nitrogens with two attached hydrogens (primary N) is 1. The van der Waals surface area contributed by atoms with Gasteiger partial charge in [0.1, 0.15) is 17.3 Å². The average molecular weight is 285 g/mol. The highest BCUT2D eigenvalue weighted by molar-refractivity contribution is 5.32. The summed E-state index contributed by atoms with van der Waals surface area (Å²) in [5.74, 6) is 1.11. The van der Waals surface area contributed by atoms with Crippen LogP contribution in [0.2, 0.25) is 0 Å². The molecule has 2 N–H and O–H groups in total. The molecule has 1 aromatic heterocycles. The van der Waals surface area contributed by atoms with E-state index in [4.69, 9.17) is 10.2 Å². The third kappa shape index (κ3) is 3.54. The molecule has 0 aliphatic carbocycles. The van der Waals surface area contributed by atoms with Crippen LogP contribution in [0.4, 0.5) is 13.2 Å². The first-order valence-electron chi connectivity index (χ1n) is 6.09. The largest absolute Gasteiger partial charge is 0.573 e. The zero-order valence-corrected chi connectivity index (χ0v) is 10.8. The van der Waals surface area contributed by atoms with Gasteiger partial charge in [0, 0.05) is 6.42 Å². The molecule has 20 heavy (non-hydrogen) atoms. The summed E-state index contributed by atoms with van der Waals surface area (Å²) in [5.41, 5.74) is 6.65. The predicted molar refractivity (Wildman–Crippen MR) is 67.2 cm³/mol. The van der Waals surface area contributed by atoms with Crippen molar-refractivity contribution < 1.29 is 22.3 Å². The molecule has 0 spiro atoms. The number of alkyl halides is 3. The van der Waals surface area contributed by atoms with Crippen molar-refractivity contribution in [2.24, 2.45) is 5.73 Å². The van der Waals surface area contributed by atoms with E-state index in [0.29, 0.717) is 11.3 Å². The monoisotopic (exact) mass is 285 g/mol. The van der Waals surface area contributed by atoms with Crippen LogP contribution in [0.1, 0.15) is 30.0 Å². The third-order valence-electron chi connectivity index (χ3n) is 2.81. The van der Waals surface area contributed by atoms with Crippen molar-refractivity contribution in [3.8, 4) is 5.75 Å². The molecular formula is C14H14F3NO2. The molecule has 1 heterocycles. The van der Waals surface area contributed by atoms with E-state index in [2.05, 4.69) is 4.74 Å². The molecule has 0 fully saturated rings. The van der Waals surface area contributed by atoms with Crippen LogP contribution in [0, 0.1) is 0 Å². The van der Waals surface area contributed by atoms with Crippen LogP contribution in [-0.2, 0) is 6.42 Å². The van der Waals surface area contributed by atoms with Crippen molar-refractivity contribution in [3.63, 3.8) is 0 Å². The van der Waals surface area contributed by atoms with Crippen LogP contribution in [0.5, 0.6) is 5.75 Å². The molecule has 0 aliphatic heterocycles. The van der Waals surface area contributed by atoms with Crippen LogP contribution in [-0.4, -0.2) is 6.36 Å². The maximum absolute atomic E-state index is 12.0. The second kappa shape index (κ2) is 5.58. The Kier molecular flexibility index (Phi) is 4.04. The Morgan fingerprint density at radius 1 is 1.15 bits per heavy atom. The van der Waals surface area contributed by atoms with Gasteiger partial charge in [-0.1, -0.05) is 19.1 Å². The average Bonchev–Trinajstić information content (AvgIpc) is 2.85. The van der Waals surface area contributed by atoms with E-state index in [1.165, 1.54) is 24.3 Å². The van der Waals surface area contributed by atoms with Crippen LogP contribution in [0.25, 0.3) is 0 Å². The van der Waals surface area contributed by atoms with Gasteiger partial charge in [-0.2, -0.15) is 0 Å². The second-order valence-electron chi connectivity index (χ2n) is 4.25. The number of hydrogen-bond donors (Lipinski definition) is 1. The SMILES string of the molecule is CCc1ccc([C@@H](N)c2ccc(OC(F)(F)F)cc2)o1. The molecule has 0 amide bonds. The van der Waals surface area contributed by atoms with Gasteiger partial charge in [0.2, 0.25) is 0 Å². The number of furan rings is 1. The first-order valence-corrected chi connectivity index (χ1v) is 6.09. The number of hydrogen-bond acceptors (Lipinski definition) is 3. The molecule has 0 saturated carbocycles. The zero-order chi connectivity index (χ0) is 14.8. The summed E-state index contributed by atoms with van der Waals surface area (Å²) in [5, 5.41) is 0. The summed E-state index contributed by atoms with van der Waals surface area (Å²) in [6.07, 6.45) is -3.94. The molecule has 0 bridgehead atoms. The van der Waals surface area contributed by atoms with Gasteiger partial charge >= 0.3 is 6.36 Å². The number of benzene rings is 1. The minimum absolute atomic E-state index is 0.276. The highest BCUT2D eigenvalue weighted by Crippen LogP contribution is 2.26. The van der Waals surface area contributed by atoms with Crippen LogP contribution in [0.15, 0.2) is 40.8 Å². The molecule has 108 valence electrons. The Balaban J connectivity index is 2.13. The highest BCUT2D eigenvalue weighted by atomic mass is 19.4. The Hall–Kier alpha value is -1.95. The summed E-state index contributed by atoms with van der Waals surface area (Å²) in [4.78, 5) is 0. The fraction of sp³-hybridized carbons (Fsp3) is 0.286. The van der Waals surface area contributed by atoms with Crippen molar-refractivity contribution in [3.05, 3.63) is 53.5 Å². The van der Waals surface area contributed by atoms with Crippen LogP contribution in [0.3, 0.4) is 0 Å². The van der Waals surface area contributed by atoms with Crippen molar-refractivity contribution >= 4 is 0 Å². The summed E-state index contributed by atoms with van der Waals surface area (Å²) in [6.45, 7) is 1.96. The third-order valence-corrected chi connectivity index (χ3v) is 2.81. The molecule has 1 atom stereocenters. The number of aryl methyl sites for hydroxylation is 1. The molecule has 3 nitrogen and oxygen atoms in total. The lowest BCUT2D eigenvalue weighted by Crippen LogP contribution is -2.17. The predicted octanol–water partition coefficient (Wildman–Crippen LogP) is 3.79. The van der Waals surface area contributed by atoms with Gasteiger partial charge in [-0.25, -0.2) is 0 Å². The van der Waals surface area contributed by atoms with E-state index in [1.807, 2.05) is 13.0 Å². The molecule has 0 radical (unpaired) electrons. The quantitative estimate of drug-likeness (QED) is 0.929. The lowest BCUT2D eigenvalue weighted by molar-refractivity contribution is -0.274. The number of ether oxygens (including phenoxy) is 1. The second-order valence-corrected chi connectivity index (χ2v) is 4.25. The summed E-state index contributed by atoms with van der Waals surface area (Å²) >= 11 is 0. The Morgan fingerprint density at radius 2 is 1.80 bits per heavy atom. The molecule has 6 heteroatoms. The molecule has 2 aromatic rings. The maximum atomic E-state index is 12.0. The van der Waals surface area contributed by atoms with Gasteiger partial charge in [0.15, 0.2) is 0 Å². The van der Waals surface area contributed by atoms with E-state index < -0.39 is 12.4 Å². The van der Waals surface area contributed by atoms with Crippen molar-refractivity contribution in [2.45, 2.75) is 25.7 Å². The van der Waals surface area contributed by atoms with Gasteiger partial charge in [-0.05, 0) is 29.8 Å². The van der Waals surface area contributed by atoms with Crippen molar-refractivity contribution in [2.75, 3.05) is 0 Å². The molecule has 0 saturated heterocycles. The Morgan fingerprint density at radius 3 is 2.30 bits per heavy atom. The minimum atomic E-state index is -4.69. The maximum Gasteiger partial charge on any atom is 0.573 e. The van der Waals surface area contributed by atoms with Crippen molar-refractivity contribution in [1.29, 1.82) is 0 Å². The lowest BCUT2D eigenvalue weighted by atomic mass is 10.1. The van der Waals surface area contributed by atoms with Gasteiger partial charge in [0.05, 0.1) is 6.04 Å². The van der Waals surface area contributed by atoms with E-state index in [1.54, 1.807) is 6.07 Å². The fourth-order valence-corrected chi connectivity index (χ4v) is 1.79. The number of rotatable bonds is 4. The van der Waals surface area contributed by atoms with Gasteiger partial charge in [-0.3, -0.25) is 0 Å². The topological polar surface area (TPSA) is 48.4 Å². The molecular weight excluding hydrogens is 271 g/mol. The number of halogens is 3. The molecule has 0 aliphatic rings. The summed E-state index contributed by atoms with van der Waals surface area (Å²) < 4.78 is 45.5. The first-order chi connectivity index (χ1) is 9.39. The fourth-order valence-electron chi connectivity index (χ4n) is 1.79. The van der Waals surface area contributed by atoms with Crippen LogP contribution < -0.4 is 10.5 Å². The minimum Gasteiger partial charge on any atom is -0.464 e. The summed E-state index contributed by atoms with van der Waals surface area (Å²) in [6, 6.07) is 8.51.